The van der Waals surface area contributed by atoms with Crippen LogP contribution < -0.4 is 15.0 Å². The van der Waals surface area contributed by atoms with Gasteiger partial charge in [-0.3, -0.25) is 9.59 Å². The fraction of sp³-hybridized carbons (Fsp3) is 0.148. The highest BCUT2D eigenvalue weighted by Gasteiger charge is 2.38. The Hall–Kier alpha value is -4.39. The van der Waals surface area contributed by atoms with E-state index in [1.807, 2.05) is 66.7 Å². The van der Waals surface area contributed by atoms with E-state index < -0.39 is 6.17 Å². The minimum absolute atomic E-state index is 0.246. The Morgan fingerprint density at radius 2 is 1.91 bits per heavy atom. The molecule has 0 saturated carbocycles. The van der Waals surface area contributed by atoms with Crippen molar-refractivity contribution in [1.29, 1.82) is 0 Å². The number of amides is 2. The summed E-state index contributed by atoms with van der Waals surface area (Å²) in [6, 6.07) is 21.2. The highest BCUT2D eigenvalue weighted by atomic mass is 16.5. The zero-order valence-electron chi connectivity index (χ0n) is 18.5. The molecule has 2 N–H and O–H groups in total. The van der Waals surface area contributed by atoms with Crippen LogP contribution >= 0.6 is 0 Å². The van der Waals surface area contributed by atoms with Crippen molar-refractivity contribution in [3.8, 4) is 5.75 Å². The number of nitrogens with one attached hydrogen (secondary N) is 2. The molecule has 6 rings (SSSR count). The van der Waals surface area contributed by atoms with E-state index in [0.717, 1.165) is 39.7 Å². The Balaban J connectivity index is 1.47. The molecule has 0 spiro atoms. The van der Waals surface area contributed by atoms with Gasteiger partial charge in [-0.2, -0.15) is 0 Å². The molecule has 4 aromatic rings. The van der Waals surface area contributed by atoms with Gasteiger partial charge in [0.1, 0.15) is 5.75 Å². The number of aromatic amines is 1. The summed E-state index contributed by atoms with van der Waals surface area (Å²) in [7, 11) is 1.63. The van der Waals surface area contributed by atoms with E-state index in [2.05, 4.69) is 10.3 Å². The average Bonchev–Trinajstić information content (AvgIpc) is 3.48. The lowest BCUT2D eigenvalue weighted by Crippen LogP contribution is -2.46. The SMILES string of the molecule is COc1cc2c3c(c1)C(c1ccccc1)=N[C@@H](NC(=O)c1c[nH]c4ccccc14)C(=O)N3CC2. The molecular formula is C27H22N4O3. The van der Waals surface area contributed by atoms with Gasteiger partial charge in [0.05, 0.1) is 24.1 Å². The zero-order chi connectivity index (χ0) is 23.2. The molecule has 0 fully saturated rings. The highest BCUT2D eigenvalue weighted by molar-refractivity contribution is 6.21. The lowest BCUT2D eigenvalue weighted by Gasteiger charge is -2.21. The number of carbonyl (C=O) groups is 2. The van der Waals surface area contributed by atoms with Crippen molar-refractivity contribution in [2.24, 2.45) is 4.99 Å². The van der Waals surface area contributed by atoms with Crippen LogP contribution in [0.1, 0.15) is 27.0 Å². The lowest BCUT2D eigenvalue weighted by molar-refractivity contribution is -0.120. The fourth-order valence-electron chi connectivity index (χ4n) is 4.82. The molecule has 1 aromatic heterocycles. The molecule has 168 valence electrons. The van der Waals surface area contributed by atoms with Crippen molar-refractivity contribution < 1.29 is 14.3 Å². The quantitative estimate of drug-likeness (QED) is 0.497. The summed E-state index contributed by atoms with van der Waals surface area (Å²) in [4.78, 5) is 36.6. The molecule has 0 bridgehead atoms. The molecule has 2 amide bonds. The summed E-state index contributed by atoms with van der Waals surface area (Å²) in [5.41, 5.74) is 5.56. The molecule has 34 heavy (non-hydrogen) atoms. The van der Waals surface area contributed by atoms with Crippen molar-refractivity contribution in [2.45, 2.75) is 12.6 Å². The number of benzene rings is 3. The molecule has 1 atom stereocenters. The predicted molar refractivity (Wildman–Crippen MR) is 131 cm³/mol. The van der Waals surface area contributed by atoms with Gasteiger partial charge in [0.15, 0.2) is 0 Å². The number of methoxy groups -OCH3 is 1. The number of rotatable bonds is 4. The Morgan fingerprint density at radius 3 is 2.74 bits per heavy atom. The van der Waals surface area contributed by atoms with Gasteiger partial charge in [-0.1, -0.05) is 48.5 Å². The van der Waals surface area contributed by atoms with Gasteiger partial charge < -0.3 is 19.9 Å². The zero-order valence-corrected chi connectivity index (χ0v) is 18.5. The number of para-hydroxylation sites is 1. The molecular weight excluding hydrogens is 428 g/mol. The third-order valence-corrected chi connectivity index (χ3v) is 6.43. The predicted octanol–water partition coefficient (Wildman–Crippen LogP) is 3.67. The van der Waals surface area contributed by atoms with Crippen LogP contribution in [0, 0.1) is 0 Å². The van der Waals surface area contributed by atoms with E-state index in [-0.39, 0.29) is 11.8 Å². The van der Waals surface area contributed by atoms with E-state index in [9.17, 15) is 9.59 Å². The van der Waals surface area contributed by atoms with Crippen LogP contribution in [0.4, 0.5) is 5.69 Å². The van der Waals surface area contributed by atoms with Gasteiger partial charge in [-0.25, -0.2) is 4.99 Å². The standard InChI is InChI=1S/C27H22N4O3/c1-34-18-13-17-11-12-31-24(17)20(14-18)23(16-7-3-2-4-8-16)29-25(27(31)33)30-26(32)21-15-28-22-10-6-5-9-19(21)22/h2-10,13-15,25,28H,11-12H2,1H3,(H,30,32)/t25-/m0/s1. The van der Waals surface area contributed by atoms with Crippen LogP contribution in [0.25, 0.3) is 10.9 Å². The van der Waals surface area contributed by atoms with Crippen molar-refractivity contribution in [3.63, 3.8) is 0 Å². The number of aromatic nitrogens is 1. The van der Waals surface area contributed by atoms with Gasteiger partial charge in [-0.15, -0.1) is 0 Å². The molecule has 7 nitrogen and oxygen atoms in total. The van der Waals surface area contributed by atoms with E-state index >= 15 is 0 Å². The summed E-state index contributed by atoms with van der Waals surface area (Å²) in [5.74, 6) is 0.118. The third-order valence-electron chi connectivity index (χ3n) is 6.43. The maximum atomic E-state index is 13.6. The van der Waals surface area contributed by atoms with Crippen LogP contribution in [0.3, 0.4) is 0 Å². The number of aliphatic imine (C=N–C) groups is 1. The van der Waals surface area contributed by atoms with Gasteiger partial charge >= 0.3 is 0 Å². The van der Waals surface area contributed by atoms with Gasteiger partial charge in [0, 0.05) is 34.8 Å². The first-order chi connectivity index (χ1) is 16.6. The van der Waals surface area contributed by atoms with Gasteiger partial charge in [-0.05, 0) is 30.2 Å². The number of fused-ring (bicyclic) bond motifs is 1. The number of anilines is 1. The molecule has 3 aromatic carbocycles. The molecule has 0 unspecified atom stereocenters. The van der Waals surface area contributed by atoms with E-state index in [4.69, 9.17) is 9.73 Å². The Bertz CT molecular complexity index is 1470. The van der Waals surface area contributed by atoms with E-state index in [0.29, 0.717) is 23.6 Å². The number of nitrogens with zero attached hydrogens (tertiary/aromatic N) is 2. The number of ether oxygens (including phenoxy) is 1. The maximum absolute atomic E-state index is 13.6. The van der Waals surface area contributed by atoms with Crippen molar-refractivity contribution in [2.75, 3.05) is 18.6 Å². The number of H-pyrrole nitrogens is 1. The second-order valence-corrected chi connectivity index (χ2v) is 8.39. The smallest absolute Gasteiger partial charge is 0.272 e. The first-order valence-electron chi connectivity index (χ1n) is 11.2. The fourth-order valence-corrected chi connectivity index (χ4v) is 4.82. The number of hydrogen-bond donors (Lipinski definition) is 2. The average molecular weight is 450 g/mol. The molecule has 0 radical (unpaired) electrons. The maximum Gasteiger partial charge on any atom is 0.272 e. The first-order valence-corrected chi connectivity index (χ1v) is 11.2. The molecule has 7 heteroatoms. The second-order valence-electron chi connectivity index (χ2n) is 8.39. The highest BCUT2D eigenvalue weighted by Crippen LogP contribution is 2.39. The molecule has 0 saturated heterocycles. The monoisotopic (exact) mass is 450 g/mol. The van der Waals surface area contributed by atoms with Crippen LogP contribution in [0.15, 0.2) is 77.9 Å². The summed E-state index contributed by atoms with van der Waals surface area (Å²) >= 11 is 0. The van der Waals surface area contributed by atoms with Crippen LogP contribution in [-0.2, 0) is 11.2 Å². The van der Waals surface area contributed by atoms with Gasteiger partial charge in [0.2, 0.25) is 6.17 Å². The Labute approximate surface area is 196 Å². The number of carbonyl (C=O) groups excluding carboxylic acids is 2. The summed E-state index contributed by atoms with van der Waals surface area (Å²) in [6.45, 7) is 0.533. The summed E-state index contributed by atoms with van der Waals surface area (Å²) in [5, 5.41) is 3.68. The minimum atomic E-state index is -1.05. The van der Waals surface area contributed by atoms with E-state index in [1.165, 1.54) is 0 Å². The lowest BCUT2D eigenvalue weighted by atomic mass is 9.97. The molecule has 0 aliphatic carbocycles. The minimum Gasteiger partial charge on any atom is -0.497 e. The number of hydrogen-bond acceptors (Lipinski definition) is 4. The van der Waals surface area contributed by atoms with Crippen molar-refractivity contribution >= 4 is 34.1 Å². The molecule has 3 heterocycles. The molecule has 2 aliphatic rings. The largest absolute Gasteiger partial charge is 0.497 e. The third kappa shape index (κ3) is 3.16. The van der Waals surface area contributed by atoms with Crippen LogP contribution in [-0.4, -0.2) is 42.3 Å². The second kappa shape index (κ2) is 7.88. The van der Waals surface area contributed by atoms with Crippen LogP contribution in [0.5, 0.6) is 5.75 Å². The molecule has 2 aliphatic heterocycles. The summed E-state index contributed by atoms with van der Waals surface area (Å²) < 4.78 is 5.54. The summed E-state index contributed by atoms with van der Waals surface area (Å²) in [6.07, 6.45) is 1.33. The first kappa shape index (κ1) is 20.2. The Kier molecular flexibility index (Phi) is 4.69. The van der Waals surface area contributed by atoms with Gasteiger partial charge in [0.25, 0.3) is 11.8 Å². The van der Waals surface area contributed by atoms with Crippen molar-refractivity contribution in [1.82, 2.24) is 10.3 Å². The normalized spacial score (nSPS) is 16.7. The van der Waals surface area contributed by atoms with Crippen LogP contribution in [0.2, 0.25) is 0 Å². The Morgan fingerprint density at radius 1 is 1.12 bits per heavy atom. The van der Waals surface area contributed by atoms with Crippen molar-refractivity contribution in [3.05, 3.63) is 95.2 Å². The van der Waals surface area contributed by atoms with E-state index in [1.54, 1.807) is 18.2 Å². The topological polar surface area (TPSA) is 86.8 Å².